The molecule has 1 aromatic carbocycles. The van der Waals surface area contributed by atoms with Crippen LogP contribution in [-0.4, -0.2) is 10.9 Å². The zero-order valence-corrected chi connectivity index (χ0v) is 12.3. The minimum absolute atomic E-state index is 0.0818. The SMILES string of the molecule is NNc1cccc(C(=O)Nc2c(Cl)cc(F)cc2Br)n1. The molecule has 1 aromatic heterocycles. The molecule has 0 fully saturated rings. The number of amides is 1. The lowest BCUT2D eigenvalue weighted by Crippen LogP contribution is -2.16. The van der Waals surface area contributed by atoms with Crippen molar-refractivity contribution in [3.8, 4) is 0 Å². The molecule has 8 heteroatoms. The number of carbonyl (C=O) groups excluding carboxylic acids is 1. The van der Waals surface area contributed by atoms with E-state index in [4.69, 9.17) is 17.4 Å². The number of anilines is 2. The van der Waals surface area contributed by atoms with E-state index in [1.54, 1.807) is 12.1 Å². The van der Waals surface area contributed by atoms with E-state index in [9.17, 15) is 9.18 Å². The van der Waals surface area contributed by atoms with Gasteiger partial charge in [0.05, 0.1) is 10.7 Å². The second-order valence-corrected chi connectivity index (χ2v) is 5.01. The molecular weight excluding hydrogens is 351 g/mol. The summed E-state index contributed by atoms with van der Waals surface area (Å²) in [6.45, 7) is 0. The fourth-order valence-corrected chi connectivity index (χ4v) is 2.38. The Hall–Kier alpha value is -1.70. The Morgan fingerprint density at radius 1 is 1.40 bits per heavy atom. The van der Waals surface area contributed by atoms with Crippen LogP contribution in [0.15, 0.2) is 34.8 Å². The molecule has 0 atom stereocenters. The normalized spacial score (nSPS) is 10.2. The van der Waals surface area contributed by atoms with Crippen LogP contribution in [0.5, 0.6) is 0 Å². The van der Waals surface area contributed by atoms with E-state index >= 15 is 0 Å². The summed E-state index contributed by atoms with van der Waals surface area (Å²) in [5, 5.41) is 2.64. The zero-order valence-electron chi connectivity index (χ0n) is 9.95. The molecule has 1 amide bonds. The predicted molar refractivity (Wildman–Crippen MR) is 79.1 cm³/mol. The maximum Gasteiger partial charge on any atom is 0.274 e. The number of hydrogen-bond donors (Lipinski definition) is 3. The molecule has 1 heterocycles. The number of nitrogen functional groups attached to an aromatic ring is 1. The second-order valence-electron chi connectivity index (χ2n) is 3.75. The third-order valence-electron chi connectivity index (χ3n) is 2.38. The number of hydrazine groups is 1. The number of rotatable bonds is 3. The summed E-state index contributed by atoms with van der Waals surface area (Å²) in [6, 6.07) is 7.05. The molecule has 0 saturated heterocycles. The Balaban J connectivity index is 2.28. The van der Waals surface area contributed by atoms with Crippen molar-refractivity contribution in [3.63, 3.8) is 0 Å². The summed E-state index contributed by atoms with van der Waals surface area (Å²) < 4.78 is 13.4. The van der Waals surface area contributed by atoms with Crippen LogP contribution in [0.2, 0.25) is 5.02 Å². The monoisotopic (exact) mass is 358 g/mol. The molecular formula is C12H9BrClFN4O. The van der Waals surface area contributed by atoms with E-state index in [1.165, 1.54) is 12.1 Å². The van der Waals surface area contributed by atoms with Crippen molar-refractivity contribution < 1.29 is 9.18 Å². The van der Waals surface area contributed by atoms with Crippen molar-refractivity contribution in [2.75, 3.05) is 10.7 Å². The van der Waals surface area contributed by atoms with Crippen LogP contribution in [0, 0.1) is 5.82 Å². The summed E-state index contributed by atoms with van der Waals surface area (Å²) >= 11 is 9.02. The molecule has 0 radical (unpaired) electrons. The first-order valence-corrected chi connectivity index (χ1v) is 6.58. The van der Waals surface area contributed by atoms with Gasteiger partial charge in [0.25, 0.3) is 5.91 Å². The Labute approximate surface area is 127 Å². The van der Waals surface area contributed by atoms with Gasteiger partial charge in [0, 0.05) is 4.47 Å². The van der Waals surface area contributed by atoms with Crippen molar-refractivity contribution in [1.29, 1.82) is 0 Å². The molecule has 5 nitrogen and oxygen atoms in total. The quantitative estimate of drug-likeness (QED) is 0.581. The van der Waals surface area contributed by atoms with Gasteiger partial charge in [-0.05, 0) is 40.2 Å². The average Bonchev–Trinajstić information content (AvgIpc) is 2.42. The molecule has 104 valence electrons. The third kappa shape index (κ3) is 3.24. The molecule has 0 unspecified atom stereocenters. The number of aromatic nitrogens is 1. The van der Waals surface area contributed by atoms with Gasteiger partial charge in [-0.1, -0.05) is 17.7 Å². The van der Waals surface area contributed by atoms with E-state index in [-0.39, 0.29) is 16.4 Å². The molecule has 0 bridgehead atoms. The van der Waals surface area contributed by atoms with Crippen LogP contribution < -0.4 is 16.6 Å². The molecule has 0 aliphatic rings. The Bertz CT molecular complexity index is 645. The van der Waals surface area contributed by atoms with Crippen LogP contribution in [0.1, 0.15) is 10.5 Å². The van der Waals surface area contributed by atoms with Gasteiger partial charge >= 0.3 is 0 Å². The zero-order chi connectivity index (χ0) is 14.7. The number of nitrogens with two attached hydrogens (primary N) is 1. The maximum atomic E-state index is 13.1. The lowest BCUT2D eigenvalue weighted by molar-refractivity contribution is 0.102. The highest BCUT2D eigenvalue weighted by Gasteiger charge is 2.14. The highest BCUT2D eigenvalue weighted by molar-refractivity contribution is 9.10. The van der Waals surface area contributed by atoms with Crippen molar-refractivity contribution in [1.82, 2.24) is 4.98 Å². The van der Waals surface area contributed by atoms with Crippen LogP contribution in [0.3, 0.4) is 0 Å². The van der Waals surface area contributed by atoms with Crippen molar-refractivity contribution in [3.05, 3.63) is 51.3 Å². The Kier molecular flexibility index (Phi) is 4.53. The first kappa shape index (κ1) is 14.7. The second kappa shape index (κ2) is 6.17. The summed E-state index contributed by atoms with van der Waals surface area (Å²) in [7, 11) is 0. The Morgan fingerprint density at radius 3 is 2.80 bits per heavy atom. The predicted octanol–water partition coefficient (Wildman–Crippen LogP) is 3.17. The maximum absolute atomic E-state index is 13.1. The number of halogens is 3. The first-order valence-electron chi connectivity index (χ1n) is 5.41. The molecule has 4 N–H and O–H groups in total. The summed E-state index contributed by atoms with van der Waals surface area (Å²) in [5.74, 6) is 4.57. The van der Waals surface area contributed by atoms with E-state index in [0.29, 0.717) is 10.3 Å². The van der Waals surface area contributed by atoms with E-state index < -0.39 is 11.7 Å². The fraction of sp³-hybridized carbons (Fsp3) is 0. The van der Waals surface area contributed by atoms with E-state index in [0.717, 1.165) is 6.07 Å². The average molecular weight is 360 g/mol. The van der Waals surface area contributed by atoms with Crippen molar-refractivity contribution in [2.45, 2.75) is 0 Å². The number of benzene rings is 1. The third-order valence-corrected chi connectivity index (χ3v) is 3.30. The van der Waals surface area contributed by atoms with E-state index in [2.05, 4.69) is 31.7 Å². The highest BCUT2D eigenvalue weighted by Crippen LogP contribution is 2.31. The van der Waals surface area contributed by atoms with Crippen molar-refractivity contribution in [2.24, 2.45) is 5.84 Å². The van der Waals surface area contributed by atoms with Crippen LogP contribution in [0.25, 0.3) is 0 Å². The number of carbonyl (C=O) groups is 1. The molecule has 0 spiro atoms. The minimum atomic E-state index is -0.507. The van der Waals surface area contributed by atoms with Gasteiger partial charge in [-0.3, -0.25) is 4.79 Å². The topological polar surface area (TPSA) is 80.0 Å². The lowest BCUT2D eigenvalue weighted by atomic mass is 10.2. The van der Waals surface area contributed by atoms with Crippen LogP contribution >= 0.6 is 27.5 Å². The van der Waals surface area contributed by atoms with Crippen LogP contribution in [0.4, 0.5) is 15.9 Å². The summed E-state index contributed by atoms with van der Waals surface area (Å²) in [6.07, 6.45) is 0. The van der Waals surface area contributed by atoms with Gasteiger partial charge in [0.1, 0.15) is 17.3 Å². The smallest absolute Gasteiger partial charge is 0.274 e. The summed E-state index contributed by atoms with van der Waals surface area (Å²) in [5.41, 5.74) is 2.76. The molecule has 0 saturated carbocycles. The minimum Gasteiger partial charge on any atom is -0.318 e. The standard InChI is InChI=1S/C12H9BrClFN4O/c13-7-4-6(15)5-8(14)11(7)18-12(20)9-2-1-3-10(17-9)19-16/h1-5H,16H2,(H,17,19)(H,18,20). The molecule has 20 heavy (non-hydrogen) atoms. The van der Waals surface area contributed by atoms with Gasteiger partial charge in [0.15, 0.2) is 0 Å². The van der Waals surface area contributed by atoms with Crippen LogP contribution in [-0.2, 0) is 0 Å². The highest BCUT2D eigenvalue weighted by atomic mass is 79.9. The number of nitrogens with one attached hydrogen (secondary N) is 2. The molecule has 2 aromatic rings. The van der Waals surface area contributed by atoms with Gasteiger partial charge in [0.2, 0.25) is 0 Å². The van der Waals surface area contributed by atoms with Gasteiger partial charge < -0.3 is 10.7 Å². The largest absolute Gasteiger partial charge is 0.318 e. The Morgan fingerprint density at radius 2 is 2.15 bits per heavy atom. The number of hydrogen-bond acceptors (Lipinski definition) is 4. The molecule has 2 rings (SSSR count). The lowest BCUT2D eigenvalue weighted by Gasteiger charge is -2.10. The van der Waals surface area contributed by atoms with E-state index in [1.807, 2.05) is 0 Å². The summed E-state index contributed by atoms with van der Waals surface area (Å²) in [4.78, 5) is 16.0. The fourth-order valence-electron chi connectivity index (χ4n) is 1.48. The van der Waals surface area contributed by atoms with Gasteiger partial charge in [-0.2, -0.15) is 0 Å². The van der Waals surface area contributed by atoms with Gasteiger partial charge in [-0.25, -0.2) is 15.2 Å². The number of nitrogens with zero attached hydrogens (tertiary/aromatic N) is 1. The van der Waals surface area contributed by atoms with Crippen molar-refractivity contribution >= 4 is 44.9 Å². The first-order chi connectivity index (χ1) is 9.51. The number of pyridine rings is 1. The molecule has 0 aliphatic heterocycles. The van der Waals surface area contributed by atoms with Gasteiger partial charge in [-0.15, -0.1) is 0 Å². The molecule has 0 aliphatic carbocycles.